The lowest BCUT2D eigenvalue weighted by Gasteiger charge is -2.18. The number of Topliss-reactive ketones (excluding diaryl/α,β-unsaturated/α-hetero) is 1. The number of carbonyl (C=O) groups is 1. The van der Waals surface area contributed by atoms with Crippen LogP contribution < -0.4 is 5.63 Å². The van der Waals surface area contributed by atoms with Gasteiger partial charge in [-0.1, -0.05) is 43.5 Å². The van der Waals surface area contributed by atoms with Crippen molar-refractivity contribution in [1.82, 2.24) is 0 Å². The zero-order valence-electron chi connectivity index (χ0n) is 12.9. The molecule has 2 rings (SSSR count). The zero-order chi connectivity index (χ0) is 17.0. The summed E-state index contributed by atoms with van der Waals surface area (Å²) in [5.74, 6) is -0.914. The minimum Gasteiger partial charge on any atom is -0.507 e. The van der Waals surface area contributed by atoms with Gasteiger partial charge < -0.3 is 9.52 Å². The molecular weight excluding hydrogens is 292 g/mol. The molecule has 0 bridgehead atoms. The molecule has 0 saturated heterocycles. The molecule has 1 atom stereocenters. The van der Waals surface area contributed by atoms with E-state index in [-0.39, 0.29) is 23.5 Å². The second-order valence-electron chi connectivity index (χ2n) is 5.21. The van der Waals surface area contributed by atoms with E-state index in [1.807, 2.05) is 0 Å². The van der Waals surface area contributed by atoms with Crippen molar-refractivity contribution in [1.29, 1.82) is 0 Å². The van der Waals surface area contributed by atoms with Gasteiger partial charge in [0.2, 0.25) is 0 Å². The average Bonchev–Trinajstić information content (AvgIpc) is 2.51. The van der Waals surface area contributed by atoms with Crippen molar-refractivity contribution in [3.05, 3.63) is 77.2 Å². The van der Waals surface area contributed by atoms with E-state index in [1.54, 1.807) is 42.5 Å². The second kappa shape index (κ2) is 6.92. The molecule has 0 aliphatic carbocycles. The summed E-state index contributed by atoms with van der Waals surface area (Å²) in [4.78, 5) is 24.0. The van der Waals surface area contributed by atoms with Crippen molar-refractivity contribution in [2.24, 2.45) is 0 Å². The maximum atomic E-state index is 12.4. The molecule has 1 aromatic carbocycles. The van der Waals surface area contributed by atoms with Crippen LogP contribution in [0.2, 0.25) is 0 Å². The summed E-state index contributed by atoms with van der Waals surface area (Å²) < 4.78 is 5.29. The van der Waals surface area contributed by atoms with E-state index < -0.39 is 11.5 Å². The Labute approximate surface area is 134 Å². The molecule has 0 aliphatic heterocycles. The van der Waals surface area contributed by atoms with E-state index in [9.17, 15) is 14.7 Å². The third-order valence-electron chi connectivity index (χ3n) is 3.61. The van der Waals surface area contributed by atoms with Crippen LogP contribution in [0, 0.1) is 0 Å². The lowest BCUT2D eigenvalue weighted by Crippen LogP contribution is -2.16. The van der Waals surface area contributed by atoms with Crippen LogP contribution in [-0.2, 0) is 4.79 Å². The molecule has 1 N–H and O–H groups in total. The van der Waals surface area contributed by atoms with Crippen LogP contribution in [0.1, 0.15) is 24.8 Å². The minimum atomic E-state index is -0.663. The van der Waals surface area contributed by atoms with Gasteiger partial charge in [0.25, 0.3) is 0 Å². The topological polar surface area (TPSA) is 67.5 Å². The maximum Gasteiger partial charge on any atom is 0.343 e. The first-order valence-electron chi connectivity index (χ1n) is 7.18. The van der Waals surface area contributed by atoms with Crippen molar-refractivity contribution in [3.63, 3.8) is 0 Å². The predicted octanol–water partition coefficient (Wildman–Crippen LogP) is 3.86. The number of allylic oxidation sites excluding steroid dienone is 4. The fourth-order valence-electron chi connectivity index (χ4n) is 2.59. The fraction of sp³-hybridized carbons (Fsp3) is 0.158. The molecule has 0 saturated carbocycles. The normalized spacial score (nSPS) is 12.8. The van der Waals surface area contributed by atoms with Crippen LogP contribution in [-0.4, -0.2) is 10.9 Å². The van der Waals surface area contributed by atoms with Gasteiger partial charge in [-0.15, -0.1) is 0 Å². The first kappa shape index (κ1) is 16.5. The van der Waals surface area contributed by atoms with E-state index in [0.29, 0.717) is 16.5 Å². The maximum absolute atomic E-state index is 12.4. The van der Waals surface area contributed by atoms with Crippen LogP contribution in [0.5, 0.6) is 5.75 Å². The second-order valence-corrected chi connectivity index (χ2v) is 5.21. The van der Waals surface area contributed by atoms with Gasteiger partial charge in [0.15, 0.2) is 0 Å². The summed E-state index contributed by atoms with van der Waals surface area (Å²) in [6, 6.07) is 6.71. The Kier molecular flexibility index (Phi) is 4.96. The van der Waals surface area contributed by atoms with Crippen molar-refractivity contribution >= 4 is 16.8 Å². The molecule has 4 heteroatoms. The highest BCUT2D eigenvalue weighted by Crippen LogP contribution is 2.36. The largest absolute Gasteiger partial charge is 0.507 e. The first-order valence-corrected chi connectivity index (χ1v) is 7.18. The molecule has 0 aliphatic rings. The standard InChI is InChI=1S/C19H18O4/c1-4-8-13(5-2)15(11-12(3)20)17-18(21)14-9-6-7-10-16(14)23-19(17)22/h4-10,15,21H,1-2,11H2,3H3/b13-8+. The number of hydrogen-bond donors (Lipinski definition) is 1. The van der Waals surface area contributed by atoms with Crippen LogP contribution >= 0.6 is 0 Å². The van der Waals surface area contributed by atoms with Crippen LogP contribution in [0.4, 0.5) is 0 Å². The van der Waals surface area contributed by atoms with Crippen molar-refractivity contribution in [3.8, 4) is 5.75 Å². The molecular formula is C19H18O4. The van der Waals surface area contributed by atoms with Gasteiger partial charge in [-0.05, 0) is 24.6 Å². The minimum absolute atomic E-state index is 0.0579. The fourth-order valence-corrected chi connectivity index (χ4v) is 2.59. The summed E-state index contributed by atoms with van der Waals surface area (Å²) in [6.45, 7) is 8.77. The van der Waals surface area contributed by atoms with E-state index in [4.69, 9.17) is 4.42 Å². The highest BCUT2D eigenvalue weighted by molar-refractivity contribution is 5.85. The third-order valence-corrected chi connectivity index (χ3v) is 3.61. The lowest BCUT2D eigenvalue weighted by molar-refractivity contribution is -0.117. The van der Waals surface area contributed by atoms with Crippen LogP contribution in [0.15, 0.2) is 70.4 Å². The number of fused-ring (bicyclic) bond motifs is 1. The van der Waals surface area contributed by atoms with E-state index >= 15 is 0 Å². The average molecular weight is 310 g/mol. The van der Waals surface area contributed by atoms with Gasteiger partial charge in [0, 0.05) is 12.3 Å². The number of hydrogen-bond acceptors (Lipinski definition) is 4. The molecule has 0 fully saturated rings. The van der Waals surface area contributed by atoms with Gasteiger partial charge in [-0.25, -0.2) is 4.79 Å². The molecule has 118 valence electrons. The van der Waals surface area contributed by atoms with E-state index in [1.165, 1.54) is 6.92 Å². The van der Waals surface area contributed by atoms with E-state index in [2.05, 4.69) is 13.2 Å². The first-order chi connectivity index (χ1) is 11.0. The SMILES string of the molecule is C=C/C=C(\C=C)C(CC(C)=O)c1c(O)c2ccccc2oc1=O. The summed E-state index contributed by atoms with van der Waals surface area (Å²) in [5, 5.41) is 11.0. The van der Waals surface area contributed by atoms with Crippen molar-refractivity contribution in [2.75, 3.05) is 0 Å². The number of para-hydroxylation sites is 1. The molecule has 23 heavy (non-hydrogen) atoms. The van der Waals surface area contributed by atoms with E-state index in [0.717, 1.165) is 0 Å². The lowest BCUT2D eigenvalue weighted by atomic mass is 9.86. The Bertz CT molecular complexity index is 855. The Morgan fingerprint density at radius 1 is 1.35 bits per heavy atom. The predicted molar refractivity (Wildman–Crippen MR) is 90.7 cm³/mol. The summed E-state index contributed by atoms with van der Waals surface area (Å²) in [7, 11) is 0. The summed E-state index contributed by atoms with van der Waals surface area (Å²) in [5.41, 5.74) is 0.317. The Balaban J connectivity index is 2.77. The van der Waals surface area contributed by atoms with Gasteiger partial charge in [0.05, 0.1) is 10.9 Å². The Morgan fingerprint density at radius 2 is 2.04 bits per heavy atom. The molecule has 1 unspecified atom stereocenters. The third kappa shape index (κ3) is 3.31. The number of rotatable bonds is 6. The number of aromatic hydroxyl groups is 1. The smallest absolute Gasteiger partial charge is 0.343 e. The van der Waals surface area contributed by atoms with Gasteiger partial charge in [-0.3, -0.25) is 4.79 Å². The quantitative estimate of drug-likeness (QED) is 0.650. The van der Waals surface area contributed by atoms with Gasteiger partial charge >= 0.3 is 5.63 Å². The molecule has 4 nitrogen and oxygen atoms in total. The molecule has 0 radical (unpaired) electrons. The molecule has 0 spiro atoms. The zero-order valence-corrected chi connectivity index (χ0v) is 12.9. The van der Waals surface area contributed by atoms with Crippen molar-refractivity contribution in [2.45, 2.75) is 19.3 Å². The summed E-state index contributed by atoms with van der Waals surface area (Å²) in [6.07, 6.45) is 4.81. The van der Waals surface area contributed by atoms with Gasteiger partial charge in [0.1, 0.15) is 17.1 Å². The number of carbonyl (C=O) groups excluding carboxylic acids is 1. The number of ketones is 1. The molecule has 0 amide bonds. The Morgan fingerprint density at radius 3 is 2.65 bits per heavy atom. The number of benzene rings is 1. The highest BCUT2D eigenvalue weighted by atomic mass is 16.4. The summed E-state index contributed by atoms with van der Waals surface area (Å²) >= 11 is 0. The Hall–Kier alpha value is -2.88. The monoisotopic (exact) mass is 310 g/mol. The molecule has 1 aromatic heterocycles. The van der Waals surface area contributed by atoms with Crippen molar-refractivity contribution < 1.29 is 14.3 Å². The van der Waals surface area contributed by atoms with Gasteiger partial charge in [-0.2, -0.15) is 0 Å². The van der Waals surface area contributed by atoms with Crippen LogP contribution in [0.3, 0.4) is 0 Å². The highest BCUT2D eigenvalue weighted by Gasteiger charge is 2.26. The molecule has 2 aromatic rings. The molecule has 1 heterocycles. The van der Waals surface area contributed by atoms with Crippen LogP contribution in [0.25, 0.3) is 11.0 Å².